The Bertz CT molecular complexity index is 1190. The van der Waals surface area contributed by atoms with Crippen LogP contribution in [0.15, 0.2) is 62.8 Å². The molecule has 4 aromatic rings. The topological polar surface area (TPSA) is 96.6 Å². The number of thiazole rings is 1. The summed E-state index contributed by atoms with van der Waals surface area (Å²) in [6.45, 7) is -0.143. The molecule has 0 unspecified atom stereocenters. The van der Waals surface area contributed by atoms with Gasteiger partial charge in [-0.25, -0.2) is 9.78 Å². The van der Waals surface area contributed by atoms with Crippen molar-refractivity contribution in [3.8, 4) is 22.9 Å². The fourth-order valence-corrected chi connectivity index (χ4v) is 4.44. The van der Waals surface area contributed by atoms with Crippen molar-refractivity contribution in [3.63, 3.8) is 0 Å². The highest BCUT2D eigenvalue weighted by Crippen LogP contribution is 2.32. The molecule has 0 N–H and O–H groups in total. The Balaban J connectivity index is 1.42. The molecule has 32 heavy (non-hydrogen) atoms. The average molecular weight is 470 g/mol. The van der Waals surface area contributed by atoms with Crippen LogP contribution >= 0.6 is 23.1 Å². The lowest BCUT2D eigenvalue weighted by Crippen LogP contribution is -2.07. The summed E-state index contributed by atoms with van der Waals surface area (Å²) < 4.78 is 21.2. The number of rotatable bonds is 9. The quantitative estimate of drug-likeness (QED) is 0.251. The van der Waals surface area contributed by atoms with Gasteiger partial charge in [0.25, 0.3) is 5.89 Å². The maximum absolute atomic E-state index is 12.7. The summed E-state index contributed by atoms with van der Waals surface area (Å²) in [4.78, 5) is 22.1. The third-order valence-corrected chi connectivity index (χ3v) is 6.15. The number of esters is 1. The summed E-state index contributed by atoms with van der Waals surface area (Å²) in [5.74, 6) is 1.90. The number of benzene rings is 2. The highest BCUT2D eigenvalue weighted by Gasteiger charge is 2.17. The summed E-state index contributed by atoms with van der Waals surface area (Å²) in [6, 6.07) is 12.6. The summed E-state index contributed by atoms with van der Waals surface area (Å²) in [7, 11) is 3.12. The lowest BCUT2D eigenvalue weighted by atomic mass is 10.2. The zero-order chi connectivity index (χ0) is 22.3. The molecule has 0 fully saturated rings. The van der Waals surface area contributed by atoms with E-state index in [4.69, 9.17) is 18.7 Å². The summed E-state index contributed by atoms with van der Waals surface area (Å²) in [5.41, 5.74) is 3.87. The monoisotopic (exact) mass is 469 g/mol. The first-order chi connectivity index (χ1) is 15.7. The molecule has 8 nitrogen and oxygen atoms in total. The van der Waals surface area contributed by atoms with Crippen LogP contribution in [0.4, 0.5) is 0 Å². The van der Waals surface area contributed by atoms with Crippen molar-refractivity contribution in [1.29, 1.82) is 0 Å². The predicted molar refractivity (Wildman–Crippen MR) is 120 cm³/mol. The molecule has 0 saturated carbocycles. The zero-order valence-electron chi connectivity index (χ0n) is 17.3. The largest absolute Gasteiger partial charge is 0.497 e. The maximum Gasteiger partial charge on any atom is 0.339 e. The van der Waals surface area contributed by atoms with Gasteiger partial charge in [0.05, 0.1) is 36.6 Å². The van der Waals surface area contributed by atoms with E-state index in [0.29, 0.717) is 34.2 Å². The number of carbonyl (C=O) groups excluding carboxylic acids is 1. The molecule has 0 aliphatic heterocycles. The Hall–Kier alpha value is -3.37. The molecule has 0 spiro atoms. The van der Waals surface area contributed by atoms with Gasteiger partial charge in [-0.15, -0.1) is 23.1 Å². The molecule has 10 heteroatoms. The van der Waals surface area contributed by atoms with Crippen LogP contribution in [0.25, 0.3) is 11.4 Å². The van der Waals surface area contributed by atoms with E-state index < -0.39 is 5.97 Å². The van der Waals surface area contributed by atoms with Crippen molar-refractivity contribution in [2.24, 2.45) is 0 Å². The van der Waals surface area contributed by atoms with Gasteiger partial charge in [0.1, 0.15) is 11.5 Å². The molecule has 2 aromatic heterocycles. The Morgan fingerprint density at radius 1 is 1.16 bits per heavy atom. The number of thioether (sulfide) groups is 1. The summed E-state index contributed by atoms with van der Waals surface area (Å²) in [5, 5.41) is 5.95. The van der Waals surface area contributed by atoms with E-state index in [0.717, 1.165) is 10.6 Å². The van der Waals surface area contributed by atoms with Gasteiger partial charge in [0.15, 0.2) is 6.61 Å². The highest BCUT2D eigenvalue weighted by molar-refractivity contribution is 7.98. The van der Waals surface area contributed by atoms with Gasteiger partial charge in [0.2, 0.25) is 5.82 Å². The van der Waals surface area contributed by atoms with Gasteiger partial charge < -0.3 is 18.7 Å². The first kappa shape index (κ1) is 21.8. The maximum atomic E-state index is 12.7. The van der Waals surface area contributed by atoms with Crippen LogP contribution in [0, 0.1) is 0 Å². The molecule has 0 radical (unpaired) electrons. The lowest BCUT2D eigenvalue weighted by Gasteiger charge is -2.08. The molecule has 0 amide bonds. The SMILES string of the molecule is COc1ccc(-c2noc(COC(=O)c3ccccc3SCc3cscn3)n2)c(OC)c1. The Morgan fingerprint density at radius 3 is 2.81 bits per heavy atom. The predicted octanol–water partition coefficient (Wildman–Crippen LogP) is 4.86. The van der Waals surface area contributed by atoms with Crippen molar-refractivity contribution in [2.45, 2.75) is 17.3 Å². The van der Waals surface area contributed by atoms with E-state index in [9.17, 15) is 4.79 Å². The Morgan fingerprint density at radius 2 is 2.03 bits per heavy atom. The summed E-state index contributed by atoms with van der Waals surface area (Å²) in [6.07, 6.45) is 0. The number of hydrogen-bond acceptors (Lipinski definition) is 10. The number of nitrogens with zero attached hydrogens (tertiary/aromatic N) is 3. The van der Waals surface area contributed by atoms with Crippen molar-refractivity contribution in [3.05, 3.63) is 70.5 Å². The van der Waals surface area contributed by atoms with E-state index >= 15 is 0 Å². The van der Waals surface area contributed by atoms with Crippen molar-refractivity contribution < 1.29 is 23.5 Å². The minimum absolute atomic E-state index is 0.143. The van der Waals surface area contributed by atoms with Gasteiger partial charge in [-0.05, 0) is 24.3 Å². The fourth-order valence-electron chi connectivity index (χ4n) is 2.83. The second-order valence-corrected chi connectivity index (χ2v) is 8.15. The van der Waals surface area contributed by atoms with Crippen LogP contribution in [0.1, 0.15) is 21.9 Å². The van der Waals surface area contributed by atoms with E-state index in [1.54, 1.807) is 61.4 Å². The third kappa shape index (κ3) is 5.09. The Labute approximate surface area is 192 Å². The fraction of sp³-hybridized carbons (Fsp3) is 0.182. The molecule has 4 rings (SSSR count). The molecular weight excluding hydrogens is 450 g/mol. The van der Waals surface area contributed by atoms with Crippen molar-refractivity contribution in [1.82, 2.24) is 15.1 Å². The van der Waals surface area contributed by atoms with E-state index in [1.807, 2.05) is 17.5 Å². The number of hydrogen-bond donors (Lipinski definition) is 0. The van der Waals surface area contributed by atoms with Gasteiger partial charge in [0, 0.05) is 22.1 Å². The van der Waals surface area contributed by atoms with Gasteiger partial charge in [-0.2, -0.15) is 4.98 Å². The first-order valence-electron chi connectivity index (χ1n) is 9.49. The molecule has 0 aliphatic rings. The zero-order valence-corrected chi connectivity index (χ0v) is 18.9. The molecule has 0 bridgehead atoms. The summed E-state index contributed by atoms with van der Waals surface area (Å²) >= 11 is 3.07. The normalized spacial score (nSPS) is 10.7. The van der Waals surface area contributed by atoms with E-state index in [-0.39, 0.29) is 12.5 Å². The van der Waals surface area contributed by atoms with Crippen LogP contribution in [0.3, 0.4) is 0 Å². The number of methoxy groups -OCH3 is 2. The van der Waals surface area contributed by atoms with Crippen LogP contribution in [-0.2, 0) is 17.1 Å². The highest BCUT2D eigenvalue weighted by atomic mass is 32.2. The number of carbonyl (C=O) groups is 1. The van der Waals surface area contributed by atoms with Gasteiger partial charge in [-0.3, -0.25) is 0 Å². The lowest BCUT2D eigenvalue weighted by molar-refractivity contribution is 0.0425. The minimum atomic E-state index is -0.465. The second-order valence-electron chi connectivity index (χ2n) is 6.42. The Kier molecular flexibility index (Phi) is 7.03. The standard InChI is InChI=1S/C22H19N3O5S2/c1-27-15-7-8-16(18(9-15)28-2)21-24-20(30-25-21)10-29-22(26)17-5-3-4-6-19(17)32-12-14-11-31-13-23-14/h3-9,11,13H,10,12H2,1-2H3. The molecule has 0 aliphatic carbocycles. The molecular formula is C22H19N3O5S2. The van der Waals surface area contributed by atoms with Gasteiger partial charge >= 0.3 is 5.97 Å². The minimum Gasteiger partial charge on any atom is -0.497 e. The molecule has 0 atom stereocenters. The molecule has 164 valence electrons. The van der Waals surface area contributed by atoms with Crippen LogP contribution in [0.5, 0.6) is 11.5 Å². The average Bonchev–Trinajstić information content (AvgIpc) is 3.53. The number of ether oxygens (including phenoxy) is 3. The van der Waals surface area contributed by atoms with Crippen molar-refractivity contribution >= 4 is 29.1 Å². The van der Waals surface area contributed by atoms with E-state index in [2.05, 4.69) is 15.1 Å². The molecule has 0 saturated heterocycles. The second kappa shape index (κ2) is 10.3. The smallest absolute Gasteiger partial charge is 0.339 e. The molecule has 2 aromatic carbocycles. The van der Waals surface area contributed by atoms with Gasteiger partial charge in [-0.1, -0.05) is 17.3 Å². The van der Waals surface area contributed by atoms with Crippen molar-refractivity contribution in [2.75, 3.05) is 14.2 Å². The van der Waals surface area contributed by atoms with E-state index in [1.165, 1.54) is 11.8 Å². The number of aromatic nitrogens is 3. The van der Waals surface area contributed by atoms with Crippen LogP contribution < -0.4 is 9.47 Å². The van der Waals surface area contributed by atoms with Crippen LogP contribution in [0.2, 0.25) is 0 Å². The first-order valence-corrected chi connectivity index (χ1v) is 11.4. The van der Waals surface area contributed by atoms with Crippen LogP contribution in [-0.4, -0.2) is 35.3 Å². The third-order valence-electron chi connectivity index (χ3n) is 4.41. The molecule has 2 heterocycles.